The maximum Gasteiger partial charge on any atom is 0.243 e. The second-order valence-corrected chi connectivity index (χ2v) is 10.7. The van der Waals surface area contributed by atoms with Gasteiger partial charge < -0.3 is 10.1 Å². The standard InChI is InChI=1S/C22H28N2O4S2/c1-16-4-8-20(9-5-16)29-13-12-22(25)23-19-6-10-21(11-7-19)30(26,27)24-14-17(2)28-18(3)15-24/h4-11,17-18H,12-15H2,1-3H3,(H,23,25)/t17-,18+. The van der Waals surface area contributed by atoms with Gasteiger partial charge in [0.1, 0.15) is 0 Å². The third-order valence-electron chi connectivity index (χ3n) is 4.78. The zero-order valence-electron chi connectivity index (χ0n) is 17.5. The van der Waals surface area contributed by atoms with E-state index in [1.165, 1.54) is 22.0 Å². The van der Waals surface area contributed by atoms with Crippen LogP contribution in [-0.4, -0.2) is 49.7 Å². The first-order valence-corrected chi connectivity index (χ1v) is 12.4. The second-order valence-electron chi connectivity index (χ2n) is 7.56. The minimum absolute atomic E-state index is 0.0963. The van der Waals surface area contributed by atoms with Gasteiger partial charge in [-0.2, -0.15) is 4.31 Å². The molecule has 0 saturated carbocycles. The van der Waals surface area contributed by atoms with Gasteiger partial charge in [-0.3, -0.25) is 4.79 Å². The number of rotatable bonds is 7. The van der Waals surface area contributed by atoms with Gasteiger partial charge in [0, 0.05) is 35.8 Å². The average Bonchev–Trinajstić information content (AvgIpc) is 2.69. The number of amides is 1. The van der Waals surface area contributed by atoms with Gasteiger partial charge in [0.05, 0.1) is 17.1 Å². The van der Waals surface area contributed by atoms with Crippen molar-refractivity contribution < 1.29 is 17.9 Å². The average molecular weight is 449 g/mol. The number of sulfonamides is 1. The molecule has 1 fully saturated rings. The van der Waals surface area contributed by atoms with Crippen molar-refractivity contribution in [2.75, 3.05) is 24.2 Å². The molecule has 3 rings (SSSR count). The summed E-state index contributed by atoms with van der Waals surface area (Å²) in [5, 5.41) is 2.83. The highest BCUT2D eigenvalue weighted by atomic mass is 32.2. The van der Waals surface area contributed by atoms with Crippen LogP contribution < -0.4 is 5.32 Å². The lowest BCUT2D eigenvalue weighted by atomic mass is 10.2. The molecule has 0 bridgehead atoms. The molecular weight excluding hydrogens is 420 g/mol. The molecule has 162 valence electrons. The summed E-state index contributed by atoms with van der Waals surface area (Å²) in [7, 11) is -3.58. The summed E-state index contributed by atoms with van der Waals surface area (Å²) in [4.78, 5) is 13.5. The van der Waals surface area contributed by atoms with E-state index in [1.54, 1.807) is 23.9 Å². The van der Waals surface area contributed by atoms with Crippen molar-refractivity contribution >= 4 is 33.4 Å². The van der Waals surface area contributed by atoms with E-state index in [0.717, 1.165) is 4.90 Å². The zero-order valence-corrected chi connectivity index (χ0v) is 19.1. The number of hydrogen-bond acceptors (Lipinski definition) is 5. The lowest BCUT2D eigenvalue weighted by Gasteiger charge is -2.34. The Morgan fingerprint density at radius 1 is 1.07 bits per heavy atom. The molecule has 2 atom stereocenters. The van der Waals surface area contributed by atoms with Crippen LogP contribution in [0, 0.1) is 6.92 Å². The fourth-order valence-corrected chi connectivity index (χ4v) is 5.75. The van der Waals surface area contributed by atoms with Crippen molar-refractivity contribution in [3.05, 3.63) is 54.1 Å². The maximum atomic E-state index is 12.9. The highest BCUT2D eigenvalue weighted by Crippen LogP contribution is 2.23. The van der Waals surface area contributed by atoms with Crippen LogP contribution in [0.15, 0.2) is 58.3 Å². The lowest BCUT2D eigenvalue weighted by molar-refractivity contribution is -0.115. The Balaban J connectivity index is 1.53. The van der Waals surface area contributed by atoms with Crippen LogP contribution in [-0.2, 0) is 19.6 Å². The van der Waals surface area contributed by atoms with Gasteiger partial charge in [-0.15, -0.1) is 11.8 Å². The summed E-state index contributed by atoms with van der Waals surface area (Å²) in [6.07, 6.45) is 0.0991. The smallest absolute Gasteiger partial charge is 0.243 e. The van der Waals surface area contributed by atoms with E-state index in [1.807, 2.05) is 32.9 Å². The Kier molecular flexibility index (Phi) is 7.57. The van der Waals surface area contributed by atoms with Crippen molar-refractivity contribution in [3.63, 3.8) is 0 Å². The predicted molar refractivity (Wildman–Crippen MR) is 120 cm³/mol. The Bertz CT molecular complexity index is 950. The maximum absolute atomic E-state index is 12.9. The van der Waals surface area contributed by atoms with Gasteiger partial charge >= 0.3 is 0 Å². The van der Waals surface area contributed by atoms with Gasteiger partial charge in [0.25, 0.3) is 0 Å². The third kappa shape index (κ3) is 6.07. The van der Waals surface area contributed by atoms with E-state index in [4.69, 9.17) is 4.74 Å². The number of nitrogens with one attached hydrogen (secondary N) is 1. The molecule has 2 aromatic carbocycles. The molecule has 0 aliphatic carbocycles. The third-order valence-corrected chi connectivity index (χ3v) is 7.64. The normalized spacial score (nSPS) is 20.1. The summed E-state index contributed by atoms with van der Waals surface area (Å²) in [5.41, 5.74) is 1.79. The highest BCUT2D eigenvalue weighted by Gasteiger charge is 2.32. The first-order valence-electron chi connectivity index (χ1n) is 9.99. The Hall–Kier alpha value is -1.87. The lowest BCUT2D eigenvalue weighted by Crippen LogP contribution is -2.48. The van der Waals surface area contributed by atoms with E-state index in [0.29, 0.717) is 31.0 Å². The van der Waals surface area contributed by atoms with Crippen molar-refractivity contribution in [2.45, 2.75) is 49.2 Å². The van der Waals surface area contributed by atoms with Crippen LogP contribution in [0.3, 0.4) is 0 Å². The van der Waals surface area contributed by atoms with E-state index in [9.17, 15) is 13.2 Å². The molecule has 2 aromatic rings. The number of hydrogen-bond donors (Lipinski definition) is 1. The predicted octanol–water partition coefficient (Wildman–Crippen LogP) is 3.91. The molecule has 8 heteroatoms. The number of nitrogens with zero attached hydrogens (tertiary/aromatic N) is 1. The van der Waals surface area contributed by atoms with Crippen molar-refractivity contribution in [1.29, 1.82) is 0 Å². The van der Waals surface area contributed by atoms with Crippen LogP contribution in [0.2, 0.25) is 0 Å². The summed E-state index contributed by atoms with van der Waals surface area (Å²) in [6, 6.07) is 14.5. The summed E-state index contributed by atoms with van der Waals surface area (Å²) in [5.74, 6) is 0.579. The zero-order chi connectivity index (χ0) is 21.7. The molecule has 0 radical (unpaired) electrons. The number of aryl methyl sites for hydroxylation is 1. The molecule has 0 unspecified atom stereocenters. The number of ether oxygens (including phenoxy) is 1. The molecule has 1 heterocycles. The van der Waals surface area contributed by atoms with Gasteiger partial charge in [-0.05, 0) is 57.2 Å². The van der Waals surface area contributed by atoms with Crippen LogP contribution in [0.25, 0.3) is 0 Å². The monoisotopic (exact) mass is 448 g/mol. The fraction of sp³-hybridized carbons (Fsp3) is 0.409. The first-order chi connectivity index (χ1) is 14.2. The van der Waals surface area contributed by atoms with E-state index >= 15 is 0 Å². The summed E-state index contributed by atoms with van der Waals surface area (Å²) >= 11 is 1.63. The van der Waals surface area contributed by atoms with E-state index < -0.39 is 10.0 Å². The summed E-state index contributed by atoms with van der Waals surface area (Å²) < 4.78 is 32.9. The number of anilines is 1. The van der Waals surface area contributed by atoms with Crippen LogP contribution >= 0.6 is 11.8 Å². The highest BCUT2D eigenvalue weighted by molar-refractivity contribution is 7.99. The molecule has 30 heavy (non-hydrogen) atoms. The molecule has 1 saturated heterocycles. The number of carbonyl (C=O) groups excluding carboxylic acids is 1. The van der Waals surface area contributed by atoms with E-state index in [-0.39, 0.29) is 23.0 Å². The SMILES string of the molecule is Cc1ccc(SCCC(=O)Nc2ccc(S(=O)(=O)N3C[C@@H](C)O[C@@H](C)C3)cc2)cc1. The molecule has 1 aliphatic heterocycles. The van der Waals surface area contributed by atoms with Gasteiger partial charge in [0.15, 0.2) is 0 Å². The first kappa shape index (κ1) is 22.8. The van der Waals surface area contributed by atoms with Crippen molar-refractivity contribution in [1.82, 2.24) is 4.31 Å². The molecule has 1 amide bonds. The van der Waals surface area contributed by atoms with E-state index in [2.05, 4.69) is 17.4 Å². The van der Waals surface area contributed by atoms with Crippen LogP contribution in [0.1, 0.15) is 25.8 Å². The number of carbonyl (C=O) groups is 1. The topological polar surface area (TPSA) is 75.7 Å². The molecule has 1 N–H and O–H groups in total. The minimum atomic E-state index is -3.58. The van der Waals surface area contributed by atoms with Gasteiger partial charge in [0.2, 0.25) is 15.9 Å². The number of thioether (sulfide) groups is 1. The van der Waals surface area contributed by atoms with Gasteiger partial charge in [-0.1, -0.05) is 17.7 Å². The molecule has 0 spiro atoms. The quantitative estimate of drug-likeness (QED) is 0.650. The van der Waals surface area contributed by atoms with Gasteiger partial charge in [-0.25, -0.2) is 8.42 Å². The Morgan fingerprint density at radius 2 is 1.67 bits per heavy atom. The Morgan fingerprint density at radius 3 is 2.27 bits per heavy atom. The Labute approximate surface area is 183 Å². The number of morpholine rings is 1. The fourth-order valence-electron chi connectivity index (χ4n) is 3.31. The molecule has 0 aromatic heterocycles. The molecular formula is C22H28N2O4S2. The van der Waals surface area contributed by atoms with Crippen LogP contribution in [0.5, 0.6) is 0 Å². The molecule has 1 aliphatic rings. The van der Waals surface area contributed by atoms with Crippen molar-refractivity contribution in [3.8, 4) is 0 Å². The summed E-state index contributed by atoms with van der Waals surface area (Å²) in [6.45, 7) is 6.45. The van der Waals surface area contributed by atoms with Crippen molar-refractivity contribution in [2.24, 2.45) is 0 Å². The minimum Gasteiger partial charge on any atom is -0.373 e. The largest absolute Gasteiger partial charge is 0.373 e. The van der Waals surface area contributed by atoms with Crippen LogP contribution in [0.4, 0.5) is 5.69 Å². The second kappa shape index (κ2) is 9.96. The number of benzene rings is 2. The molecule has 6 nitrogen and oxygen atoms in total.